The second kappa shape index (κ2) is 4.94. The number of anilines is 1. The van der Waals surface area contributed by atoms with Crippen LogP contribution < -0.4 is 11.4 Å². The summed E-state index contributed by atoms with van der Waals surface area (Å²) in [5.41, 5.74) is 4.72. The molecule has 8 nitrogen and oxygen atoms in total. The lowest BCUT2D eigenvalue weighted by Gasteiger charge is -2.17. The Hall–Kier alpha value is -1.00. The van der Waals surface area contributed by atoms with E-state index in [0.29, 0.717) is 4.47 Å². The fourth-order valence-electron chi connectivity index (χ4n) is 1.75. The topological polar surface area (TPSA) is 131 Å². The molecule has 4 atom stereocenters. The Balaban J connectivity index is 2.39. The van der Waals surface area contributed by atoms with Gasteiger partial charge in [0.05, 0.1) is 11.1 Å². The summed E-state index contributed by atoms with van der Waals surface area (Å²) in [5, 5.41) is 28.3. The zero-order valence-electron chi connectivity index (χ0n) is 9.10. The molecule has 0 spiro atoms. The maximum atomic E-state index is 11.6. The van der Waals surface area contributed by atoms with Crippen molar-refractivity contribution >= 4 is 21.7 Å². The van der Waals surface area contributed by atoms with E-state index in [0.717, 1.165) is 4.57 Å². The third-order valence-electron chi connectivity index (χ3n) is 2.73. The maximum Gasteiger partial charge on any atom is 0.351 e. The van der Waals surface area contributed by atoms with E-state index in [-0.39, 0.29) is 5.82 Å². The molecule has 1 aromatic heterocycles. The molecule has 1 fully saturated rings. The van der Waals surface area contributed by atoms with Crippen molar-refractivity contribution in [2.75, 3.05) is 12.3 Å². The summed E-state index contributed by atoms with van der Waals surface area (Å²) in [6, 6.07) is 0. The first-order valence-electron chi connectivity index (χ1n) is 5.12. The number of halogens is 1. The number of rotatable bonds is 2. The highest BCUT2D eigenvalue weighted by atomic mass is 79.9. The van der Waals surface area contributed by atoms with E-state index in [1.165, 1.54) is 6.20 Å². The lowest BCUT2D eigenvalue weighted by atomic mass is 10.1. The van der Waals surface area contributed by atoms with Crippen molar-refractivity contribution in [3.8, 4) is 0 Å². The van der Waals surface area contributed by atoms with Crippen LogP contribution in [0, 0.1) is 0 Å². The van der Waals surface area contributed by atoms with Crippen molar-refractivity contribution in [2.45, 2.75) is 24.5 Å². The van der Waals surface area contributed by atoms with E-state index in [1.807, 2.05) is 0 Å². The van der Waals surface area contributed by atoms with Gasteiger partial charge >= 0.3 is 5.69 Å². The van der Waals surface area contributed by atoms with E-state index in [9.17, 15) is 15.0 Å². The Bertz CT molecular complexity index is 507. The normalized spacial score (nSPS) is 31.8. The second-order valence-electron chi connectivity index (χ2n) is 3.89. The number of hydrogen-bond acceptors (Lipinski definition) is 7. The van der Waals surface area contributed by atoms with Crippen LogP contribution in [0.1, 0.15) is 6.23 Å². The third kappa shape index (κ3) is 2.15. The smallest absolute Gasteiger partial charge is 0.351 e. The fourth-order valence-corrected chi connectivity index (χ4v) is 2.06. The van der Waals surface area contributed by atoms with E-state index < -0.39 is 36.8 Å². The van der Waals surface area contributed by atoms with Gasteiger partial charge in [0, 0.05) is 6.20 Å². The number of nitrogens with zero attached hydrogens (tertiary/aromatic N) is 2. The van der Waals surface area contributed by atoms with Gasteiger partial charge in [-0.3, -0.25) is 4.57 Å². The minimum Gasteiger partial charge on any atom is -0.394 e. The van der Waals surface area contributed by atoms with Crippen LogP contribution >= 0.6 is 15.9 Å². The number of aliphatic hydroxyl groups is 3. The average Bonchev–Trinajstić information content (AvgIpc) is 2.61. The molecule has 0 saturated carbocycles. The number of aromatic nitrogens is 2. The van der Waals surface area contributed by atoms with E-state index >= 15 is 0 Å². The first-order chi connectivity index (χ1) is 8.45. The molecular weight excluding hydrogens is 310 g/mol. The molecule has 1 aromatic rings. The molecule has 5 N–H and O–H groups in total. The third-order valence-corrected chi connectivity index (χ3v) is 3.34. The summed E-state index contributed by atoms with van der Waals surface area (Å²) >= 11 is 3.10. The molecule has 18 heavy (non-hydrogen) atoms. The van der Waals surface area contributed by atoms with Crippen molar-refractivity contribution in [2.24, 2.45) is 0 Å². The summed E-state index contributed by atoms with van der Waals surface area (Å²) in [4.78, 5) is 15.2. The Morgan fingerprint density at radius 1 is 1.50 bits per heavy atom. The predicted octanol–water partition coefficient (Wildman–Crippen LogP) is -1.80. The second-order valence-corrected chi connectivity index (χ2v) is 4.75. The molecule has 2 rings (SSSR count). The molecule has 1 aliphatic heterocycles. The highest BCUT2D eigenvalue weighted by Crippen LogP contribution is 2.29. The Morgan fingerprint density at radius 3 is 2.72 bits per heavy atom. The van der Waals surface area contributed by atoms with Gasteiger partial charge in [-0.1, -0.05) is 0 Å². The zero-order valence-corrected chi connectivity index (χ0v) is 10.7. The number of ether oxygens (including phenoxy) is 1. The summed E-state index contributed by atoms with van der Waals surface area (Å²) in [5.74, 6) is 0.0167. The van der Waals surface area contributed by atoms with Crippen molar-refractivity contribution in [3.63, 3.8) is 0 Å². The molecular formula is C9H12BrN3O5. The van der Waals surface area contributed by atoms with Gasteiger partial charge in [0.2, 0.25) is 0 Å². The molecule has 0 amide bonds. The van der Waals surface area contributed by atoms with E-state index in [2.05, 4.69) is 20.9 Å². The predicted molar refractivity (Wildman–Crippen MR) is 63.6 cm³/mol. The molecule has 1 saturated heterocycles. The standard InChI is InChI=1S/C9H12BrN3O5/c10-3-1-13(9(17)12-7(3)11)8-6(16)5(15)4(2-14)18-8/h1,4-6,8,14-16H,2H2,(H2,11,12,17)/t4-,5+,6+,8-/m1/s1. The van der Waals surface area contributed by atoms with Crippen LogP contribution in [0.25, 0.3) is 0 Å². The monoisotopic (exact) mass is 321 g/mol. The van der Waals surface area contributed by atoms with Crippen LogP contribution in [0.15, 0.2) is 15.5 Å². The van der Waals surface area contributed by atoms with Gasteiger partial charge in [0.1, 0.15) is 24.1 Å². The van der Waals surface area contributed by atoms with Crippen LogP contribution in [0.5, 0.6) is 0 Å². The van der Waals surface area contributed by atoms with Gasteiger partial charge < -0.3 is 25.8 Å². The first kappa shape index (κ1) is 13.4. The number of hydrogen-bond donors (Lipinski definition) is 4. The molecule has 0 aliphatic carbocycles. The minimum atomic E-state index is -1.34. The molecule has 0 aromatic carbocycles. The average molecular weight is 322 g/mol. The van der Waals surface area contributed by atoms with Crippen molar-refractivity contribution in [1.29, 1.82) is 0 Å². The minimum absolute atomic E-state index is 0.0167. The molecule has 100 valence electrons. The van der Waals surface area contributed by atoms with Crippen molar-refractivity contribution in [3.05, 3.63) is 21.2 Å². The van der Waals surface area contributed by atoms with Crippen LogP contribution in [0.3, 0.4) is 0 Å². The number of nitrogens with two attached hydrogens (primary N) is 1. The maximum absolute atomic E-state index is 11.6. The molecule has 0 bridgehead atoms. The van der Waals surface area contributed by atoms with Gasteiger partial charge in [-0.15, -0.1) is 0 Å². The van der Waals surface area contributed by atoms with Crippen LogP contribution in [-0.2, 0) is 4.74 Å². The molecule has 0 unspecified atom stereocenters. The Kier molecular flexibility index (Phi) is 3.69. The van der Waals surface area contributed by atoms with Crippen LogP contribution in [-0.4, -0.2) is 49.8 Å². The molecule has 1 aliphatic rings. The van der Waals surface area contributed by atoms with Crippen molar-refractivity contribution < 1.29 is 20.1 Å². The molecule has 2 heterocycles. The Labute approximate surface area is 110 Å². The van der Waals surface area contributed by atoms with Gasteiger partial charge in [0.25, 0.3) is 0 Å². The van der Waals surface area contributed by atoms with Crippen LogP contribution in [0.4, 0.5) is 5.82 Å². The van der Waals surface area contributed by atoms with Gasteiger partial charge in [-0.2, -0.15) is 4.98 Å². The van der Waals surface area contributed by atoms with E-state index in [1.54, 1.807) is 0 Å². The van der Waals surface area contributed by atoms with Crippen molar-refractivity contribution in [1.82, 2.24) is 9.55 Å². The van der Waals surface area contributed by atoms with Crippen LogP contribution in [0.2, 0.25) is 0 Å². The van der Waals surface area contributed by atoms with Gasteiger partial charge in [-0.25, -0.2) is 4.79 Å². The number of nitrogen functional groups attached to an aromatic ring is 1. The highest BCUT2D eigenvalue weighted by Gasteiger charge is 2.43. The summed E-state index contributed by atoms with van der Waals surface area (Å²) in [7, 11) is 0. The summed E-state index contributed by atoms with van der Waals surface area (Å²) in [6.07, 6.45) is -3.37. The summed E-state index contributed by atoms with van der Waals surface area (Å²) < 4.78 is 6.57. The lowest BCUT2D eigenvalue weighted by Crippen LogP contribution is -2.36. The number of aliphatic hydroxyl groups excluding tert-OH is 3. The van der Waals surface area contributed by atoms with Gasteiger partial charge in [-0.05, 0) is 15.9 Å². The van der Waals surface area contributed by atoms with Gasteiger partial charge in [0.15, 0.2) is 6.23 Å². The first-order valence-corrected chi connectivity index (χ1v) is 5.91. The fraction of sp³-hybridized carbons (Fsp3) is 0.556. The Morgan fingerprint density at radius 2 is 2.17 bits per heavy atom. The molecule has 0 radical (unpaired) electrons. The molecule has 9 heteroatoms. The SMILES string of the molecule is Nc1nc(=O)n([C@@H]2O[C@H](CO)[C@H](O)[C@@H]2O)cc1Br. The largest absolute Gasteiger partial charge is 0.394 e. The summed E-state index contributed by atoms with van der Waals surface area (Å²) in [6.45, 7) is -0.465. The zero-order chi connectivity index (χ0) is 13.4. The highest BCUT2D eigenvalue weighted by molar-refractivity contribution is 9.10. The quantitative estimate of drug-likeness (QED) is 0.505. The van der Waals surface area contributed by atoms with E-state index in [4.69, 9.17) is 15.6 Å². The lowest BCUT2D eigenvalue weighted by molar-refractivity contribution is -0.0550.